The summed E-state index contributed by atoms with van der Waals surface area (Å²) < 4.78 is 18.9. The van der Waals surface area contributed by atoms with Crippen molar-refractivity contribution in [2.24, 2.45) is 4.99 Å². The van der Waals surface area contributed by atoms with E-state index < -0.39 is 0 Å². The SMILES string of the molecule is CCNC(=NCC1CN2CCN1CC2)N(C)Cc1ccc(OC)c(F)c1. The average molecular weight is 363 g/mol. The zero-order chi connectivity index (χ0) is 18.5. The van der Waals surface area contributed by atoms with Crippen LogP contribution in [0.3, 0.4) is 0 Å². The van der Waals surface area contributed by atoms with Crippen LogP contribution in [-0.4, -0.2) is 86.7 Å². The van der Waals surface area contributed by atoms with Gasteiger partial charge in [0.15, 0.2) is 17.5 Å². The van der Waals surface area contributed by atoms with E-state index in [-0.39, 0.29) is 11.6 Å². The summed E-state index contributed by atoms with van der Waals surface area (Å²) in [7, 11) is 3.46. The zero-order valence-electron chi connectivity index (χ0n) is 16.0. The Morgan fingerprint density at radius 1 is 1.35 bits per heavy atom. The van der Waals surface area contributed by atoms with Crippen molar-refractivity contribution in [3.05, 3.63) is 29.6 Å². The number of nitrogens with zero attached hydrogens (tertiary/aromatic N) is 4. The third-order valence-corrected chi connectivity index (χ3v) is 5.18. The summed E-state index contributed by atoms with van der Waals surface area (Å²) in [5.74, 6) is 0.801. The molecule has 1 unspecified atom stereocenters. The smallest absolute Gasteiger partial charge is 0.194 e. The number of fused-ring (bicyclic) bond motifs is 3. The van der Waals surface area contributed by atoms with Crippen LogP contribution in [0.5, 0.6) is 5.75 Å². The lowest BCUT2D eigenvalue weighted by atomic mass is 10.1. The van der Waals surface area contributed by atoms with Gasteiger partial charge >= 0.3 is 0 Å². The van der Waals surface area contributed by atoms with E-state index in [1.807, 2.05) is 18.0 Å². The maximum Gasteiger partial charge on any atom is 0.194 e. The lowest BCUT2D eigenvalue weighted by Gasteiger charge is -2.47. The highest BCUT2D eigenvalue weighted by atomic mass is 19.1. The zero-order valence-corrected chi connectivity index (χ0v) is 16.0. The molecule has 3 heterocycles. The quantitative estimate of drug-likeness (QED) is 0.608. The molecule has 3 fully saturated rings. The molecule has 2 bridgehead atoms. The van der Waals surface area contributed by atoms with Gasteiger partial charge in [-0.15, -0.1) is 0 Å². The van der Waals surface area contributed by atoms with Gasteiger partial charge in [-0.25, -0.2) is 4.39 Å². The fourth-order valence-corrected chi connectivity index (χ4v) is 3.72. The van der Waals surface area contributed by atoms with E-state index in [1.165, 1.54) is 26.3 Å². The van der Waals surface area contributed by atoms with Gasteiger partial charge in [0.25, 0.3) is 0 Å². The number of rotatable bonds is 6. The Kier molecular flexibility index (Phi) is 6.32. The Morgan fingerprint density at radius 2 is 2.12 bits per heavy atom. The number of hydrogen-bond acceptors (Lipinski definition) is 4. The summed E-state index contributed by atoms with van der Waals surface area (Å²) in [5.41, 5.74) is 0.892. The van der Waals surface area contributed by atoms with Gasteiger partial charge in [-0.3, -0.25) is 14.8 Å². The van der Waals surface area contributed by atoms with Crippen molar-refractivity contribution < 1.29 is 9.13 Å². The van der Waals surface area contributed by atoms with Crippen molar-refractivity contribution in [1.82, 2.24) is 20.0 Å². The highest BCUT2D eigenvalue weighted by molar-refractivity contribution is 5.79. The molecule has 0 saturated carbocycles. The van der Waals surface area contributed by atoms with Crippen molar-refractivity contribution >= 4 is 5.96 Å². The minimum absolute atomic E-state index is 0.272. The molecule has 7 heteroatoms. The fraction of sp³-hybridized carbons (Fsp3) is 0.632. The second kappa shape index (κ2) is 8.68. The molecule has 1 aromatic rings. The molecule has 3 aliphatic rings. The molecule has 0 amide bonds. The minimum atomic E-state index is -0.333. The molecule has 1 aromatic carbocycles. The number of piperazine rings is 3. The molecule has 0 aliphatic carbocycles. The number of aliphatic imine (C=N–C) groups is 1. The molecule has 0 spiro atoms. The van der Waals surface area contributed by atoms with Crippen molar-refractivity contribution in [1.29, 1.82) is 0 Å². The van der Waals surface area contributed by atoms with Crippen LogP contribution >= 0.6 is 0 Å². The molecule has 26 heavy (non-hydrogen) atoms. The summed E-state index contributed by atoms with van der Waals surface area (Å²) in [6.45, 7) is 10.0. The third-order valence-electron chi connectivity index (χ3n) is 5.18. The summed E-state index contributed by atoms with van der Waals surface area (Å²) >= 11 is 0. The van der Waals surface area contributed by atoms with Crippen LogP contribution in [0.4, 0.5) is 4.39 Å². The van der Waals surface area contributed by atoms with Crippen molar-refractivity contribution in [2.75, 3.05) is 60.0 Å². The maximum absolute atomic E-state index is 13.9. The molecule has 0 radical (unpaired) electrons. The van der Waals surface area contributed by atoms with Gasteiger partial charge in [0, 0.05) is 58.9 Å². The average Bonchev–Trinajstić information content (AvgIpc) is 2.66. The Hall–Kier alpha value is -1.86. The second-order valence-electron chi connectivity index (χ2n) is 7.01. The molecule has 6 nitrogen and oxygen atoms in total. The Bertz CT molecular complexity index is 630. The van der Waals surface area contributed by atoms with E-state index in [4.69, 9.17) is 9.73 Å². The van der Waals surface area contributed by atoms with Crippen LogP contribution in [0.15, 0.2) is 23.2 Å². The van der Waals surface area contributed by atoms with Crippen LogP contribution in [-0.2, 0) is 6.54 Å². The number of nitrogens with one attached hydrogen (secondary N) is 1. The van der Waals surface area contributed by atoms with Gasteiger partial charge in [-0.05, 0) is 24.6 Å². The Balaban J connectivity index is 1.63. The van der Waals surface area contributed by atoms with Crippen LogP contribution in [0.25, 0.3) is 0 Å². The van der Waals surface area contributed by atoms with E-state index in [0.29, 0.717) is 12.6 Å². The predicted octanol–water partition coefficient (Wildman–Crippen LogP) is 1.23. The summed E-state index contributed by atoms with van der Waals surface area (Å²) in [6.07, 6.45) is 0. The van der Waals surface area contributed by atoms with E-state index >= 15 is 0 Å². The van der Waals surface area contributed by atoms with Crippen molar-refractivity contribution in [3.63, 3.8) is 0 Å². The summed E-state index contributed by atoms with van der Waals surface area (Å²) in [5, 5.41) is 3.35. The highest BCUT2D eigenvalue weighted by Gasteiger charge is 2.31. The monoisotopic (exact) mass is 363 g/mol. The Labute approximate surface area is 155 Å². The molecular weight excluding hydrogens is 333 g/mol. The molecule has 144 valence electrons. The fourth-order valence-electron chi connectivity index (χ4n) is 3.72. The van der Waals surface area contributed by atoms with Crippen molar-refractivity contribution in [2.45, 2.75) is 19.5 Å². The predicted molar refractivity (Wildman–Crippen MR) is 102 cm³/mol. The lowest BCUT2D eigenvalue weighted by molar-refractivity contribution is 0.0173. The largest absolute Gasteiger partial charge is 0.494 e. The van der Waals surface area contributed by atoms with E-state index in [9.17, 15) is 4.39 Å². The lowest BCUT2D eigenvalue weighted by Crippen LogP contribution is -2.62. The number of benzene rings is 1. The second-order valence-corrected chi connectivity index (χ2v) is 7.01. The molecule has 1 atom stereocenters. The van der Waals surface area contributed by atoms with Gasteiger partial charge in [0.1, 0.15) is 0 Å². The molecule has 1 N–H and O–H groups in total. The first-order valence-corrected chi connectivity index (χ1v) is 9.39. The first-order chi connectivity index (χ1) is 12.6. The van der Waals surface area contributed by atoms with Gasteiger partial charge in [0.2, 0.25) is 0 Å². The topological polar surface area (TPSA) is 43.3 Å². The standard InChI is InChI=1S/C19H30FN5O/c1-4-21-19(22-12-16-14-24-7-9-25(16)10-8-24)23(2)13-15-5-6-18(26-3)17(20)11-15/h5-6,11,16H,4,7-10,12-14H2,1-3H3,(H,21,22). The molecule has 3 aliphatic heterocycles. The van der Waals surface area contributed by atoms with E-state index in [1.54, 1.807) is 6.07 Å². The number of halogens is 1. The number of ether oxygens (including phenoxy) is 1. The van der Waals surface area contributed by atoms with E-state index in [2.05, 4.69) is 22.0 Å². The van der Waals surface area contributed by atoms with Gasteiger partial charge in [-0.1, -0.05) is 6.07 Å². The highest BCUT2D eigenvalue weighted by Crippen LogP contribution is 2.19. The molecule has 3 saturated heterocycles. The van der Waals surface area contributed by atoms with Crippen LogP contribution in [0.2, 0.25) is 0 Å². The molecular formula is C19H30FN5O. The molecule has 4 rings (SSSR count). The molecule has 0 aromatic heterocycles. The van der Waals surface area contributed by atoms with Crippen molar-refractivity contribution in [3.8, 4) is 5.75 Å². The van der Waals surface area contributed by atoms with Gasteiger partial charge < -0.3 is 15.0 Å². The van der Waals surface area contributed by atoms with E-state index in [0.717, 1.165) is 44.2 Å². The maximum atomic E-state index is 13.9. The first-order valence-electron chi connectivity index (χ1n) is 9.39. The number of guanidine groups is 1. The minimum Gasteiger partial charge on any atom is -0.494 e. The van der Waals surface area contributed by atoms with Crippen LogP contribution in [0.1, 0.15) is 12.5 Å². The summed E-state index contributed by atoms with van der Waals surface area (Å²) in [4.78, 5) is 12.0. The number of hydrogen-bond donors (Lipinski definition) is 1. The summed E-state index contributed by atoms with van der Waals surface area (Å²) in [6, 6.07) is 5.58. The Morgan fingerprint density at radius 3 is 2.69 bits per heavy atom. The van der Waals surface area contributed by atoms with Gasteiger partial charge in [0.05, 0.1) is 13.7 Å². The van der Waals surface area contributed by atoms with Gasteiger partial charge in [-0.2, -0.15) is 0 Å². The number of methoxy groups -OCH3 is 1. The van der Waals surface area contributed by atoms with Crippen LogP contribution < -0.4 is 10.1 Å². The third kappa shape index (κ3) is 4.45. The first kappa shape index (κ1) is 18.9. The van der Waals surface area contributed by atoms with Crippen LogP contribution in [0, 0.1) is 5.82 Å². The normalized spacial score (nSPS) is 25.2.